The fourth-order valence-corrected chi connectivity index (χ4v) is 8.16. The molecule has 1 aliphatic rings. The number of carbonyl (C=O) groups excluding carboxylic acids is 6. The topological polar surface area (TPSA) is 172 Å². The molecule has 1 rings (SSSR count). The molecule has 0 spiro atoms. The highest BCUT2D eigenvalue weighted by Gasteiger charge is 2.31. The molecule has 0 bridgehead atoms. The Balaban J connectivity index is -0.000000148. The Morgan fingerprint density at radius 3 is 1.32 bits per heavy atom. The SMILES string of the molecule is C=C=C(CN(CC=O)CC(=O)OCC1CCCN1C(=O)OCC(C)CCCCC)OCCCCCCCC.CC.CCC(N)=O.CCC=O.CCCC.CCCC.CCCC(=O)CC(C)CC.CCCCCCC.CCCCCCCCC.CCCCCCCCOC. The summed E-state index contributed by atoms with van der Waals surface area (Å²) in [5, 5.41) is 0. The Hall–Kier alpha value is -3.54. The summed E-state index contributed by atoms with van der Waals surface area (Å²) in [5.74, 6) is 1.16. The maximum absolute atomic E-state index is 12.6. The Kier molecular flexibility index (Phi) is 119. The number of unbranched alkanes of at least 4 members (excludes halogenated alkanes) is 24. The van der Waals surface area contributed by atoms with Crippen LogP contribution in [0.2, 0.25) is 0 Å². The molecule has 1 fully saturated rings. The first-order valence-electron chi connectivity index (χ1n) is 38.9. The zero-order valence-electron chi connectivity index (χ0n) is 66.1. The molecule has 2 N–H and O–H groups in total. The number of likely N-dealkylation sites (tertiary alicyclic amines) is 1. The third kappa shape index (κ3) is 107. The highest BCUT2D eigenvalue weighted by molar-refractivity contribution is 5.78. The lowest BCUT2D eigenvalue weighted by molar-refractivity contribution is -0.146. The number of methoxy groups -OCH3 is 1. The molecule has 1 saturated heterocycles. The lowest BCUT2D eigenvalue weighted by Crippen LogP contribution is -2.41. The minimum Gasteiger partial charge on any atom is -0.489 e. The fourth-order valence-electron chi connectivity index (χ4n) is 8.16. The van der Waals surface area contributed by atoms with Crippen LogP contribution >= 0.6 is 0 Å². The minimum atomic E-state index is -0.448. The van der Waals surface area contributed by atoms with Gasteiger partial charge in [-0.15, -0.1) is 0 Å². The van der Waals surface area contributed by atoms with E-state index in [-0.39, 0.29) is 44.3 Å². The molecule has 3 atom stereocenters. The van der Waals surface area contributed by atoms with Crippen molar-refractivity contribution in [2.24, 2.45) is 17.6 Å². The normalized spacial score (nSPS) is 12.0. The summed E-state index contributed by atoms with van der Waals surface area (Å²) in [5.41, 5.74) is 7.43. The monoisotopic (exact) mass is 1330 g/mol. The van der Waals surface area contributed by atoms with Crippen molar-refractivity contribution >= 4 is 36.3 Å². The van der Waals surface area contributed by atoms with Crippen LogP contribution in [0.3, 0.4) is 0 Å². The number of hydrogen-bond acceptors (Lipinski definition) is 11. The first kappa shape index (κ1) is 108. The van der Waals surface area contributed by atoms with E-state index in [1.165, 1.54) is 180 Å². The van der Waals surface area contributed by atoms with Gasteiger partial charge in [-0.1, -0.05) is 336 Å². The zero-order chi connectivity index (χ0) is 72.7. The highest BCUT2D eigenvalue weighted by atomic mass is 16.6. The van der Waals surface area contributed by atoms with Gasteiger partial charge in [0.05, 0.1) is 38.9 Å². The summed E-state index contributed by atoms with van der Waals surface area (Å²) in [6, 6.07) is -0.189. The first-order valence-corrected chi connectivity index (χ1v) is 38.9. The predicted molar refractivity (Wildman–Crippen MR) is 406 cm³/mol. The maximum Gasteiger partial charge on any atom is 0.410 e. The van der Waals surface area contributed by atoms with Crippen LogP contribution in [0, 0.1) is 11.8 Å². The zero-order valence-corrected chi connectivity index (χ0v) is 66.1. The lowest BCUT2D eigenvalue weighted by Gasteiger charge is -2.25. The molecule has 0 saturated carbocycles. The summed E-state index contributed by atoms with van der Waals surface area (Å²) < 4.78 is 21.8. The molecule has 0 aromatic heterocycles. The highest BCUT2D eigenvalue weighted by Crippen LogP contribution is 2.20. The molecule has 13 nitrogen and oxygen atoms in total. The van der Waals surface area contributed by atoms with Crippen LogP contribution in [0.25, 0.3) is 0 Å². The van der Waals surface area contributed by atoms with Crippen molar-refractivity contribution in [2.45, 2.75) is 394 Å². The molecular weight excluding hydrogens is 1160 g/mol. The van der Waals surface area contributed by atoms with Gasteiger partial charge >= 0.3 is 12.1 Å². The van der Waals surface area contributed by atoms with Gasteiger partial charge in [-0.3, -0.25) is 19.3 Å². The summed E-state index contributed by atoms with van der Waals surface area (Å²) in [6.45, 7) is 46.9. The summed E-state index contributed by atoms with van der Waals surface area (Å²) in [7, 11) is 1.77. The number of ether oxygens (including phenoxy) is 4. The molecular formula is C80H165N3O10. The van der Waals surface area contributed by atoms with E-state index in [2.05, 4.69) is 122 Å². The summed E-state index contributed by atoms with van der Waals surface area (Å²) in [4.78, 5) is 69.4. The molecule has 0 aromatic carbocycles. The van der Waals surface area contributed by atoms with E-state index >= 15 is 0 Å². The van der Waals surface area contributed by atoms with Gasteiger partial charge in [-0.05, 0) is 50.4 Å². The number of nitrogens with two attached hydrogens (primary N) is 1. The number of esters is 1. The average Bonchev–Trinajstić information content (AvgIpc) is 1.97. The molecule has 560 valence electrons. The lowest BCUT2D eigenvalue weighted by atomic mass is 10.0. The molecule has 0 radical (unpaired) electrons. The van der Waals surface area contributed by atoms with Crippen molar-refractivity contribution in [3.8, 4) is 0 Å². The van der Waals surface area contributed by atoms with Gasteiger partial charge in [-0.25, -0.2) is 4.79 Å². The number of aldehydes is 2. The van der Waals surface area contributed by atoms with Gasteiger partial charge in [0.15, 0.2) is 5.76 Å². The second kappa shape index (κ2) is 102. The van der Waals surface area contributed by atoms with E-state index in [0.717, 1.165) is 83.4 Å². The molecule has 13 heteroatoms. The number of ketones is 1. The van der Waals surface area contributed by atoms with Crippen LogP contribution in [0.4, 0.5) is 4.79 Å². The number of carbonyl (C=O) groups is 6. The number of nitrogens with zero attached hydrogens (tertiary/aromatic N) is 2. The Morgan fingerprint density at radius 2 is 0.957 bits per heavy atom. The largest absolute Gasteiger partial charge is 0.489 e. The van der Waals surface area contributed by atoms with Crippen LogP contribution in [-0.4, -0.2) is 112 Å². The Labute approximate surface area is 581 Å². The number of primary amides is 1. The number of rotatable bonds is 48. The second-order valence-corrected chi connectivity index (χ2v) is 24.4. The second-order valence-electron chi connectivity index (χ2n) is 24.4. The van der Waals surface area contributed by atoms with Gasteiger partial charge in [0.2, 0.25) is 5.91 Å². The van der Waals surface area contributed by atoms with Gasteiger partial charge in [0.25, 0.3) is 0 Å². The Morgan fingerprint density at radius 1 is 0.548 bits per heavy atom. The van der Waals surface area contributed by atoms with E-state index in [0.29, 0.717) is 56.0 Å². The van der Waals surface area contributed by atoms with Crippen molar-refractivity contribution in [1.29, 1.82) is 0 Å². The Bertz CT molecular complexity index is 1470. The number of amides is 2. The number of Topliss-reactive ketones (excluding diaryl/α,β-unsaturated/α-hetero) is 1. The van der Waals surface area contributed by atoms with Gasteiger partial charge in [-0.2, -0.15) is 0 Å². The van der Waals surface area contributed by atoms with Crippen LogP contribution < -0.4 is 5.73 Å². The van der Waals surface area contributed by atoms with E-state index < -0.39 is 5.97 Å². The van der Waals surface area contributed by atoms with Crippen LogP contribution in [-0.2, 0) is 42.9 Å². The van der Waals surface area contributed by atoms with Crippen molar-refractivity contribution < 1.29 is 47.7 Å². The van der Waals surface area contributed by atoms with Crippen molar-refractivity contribution in [3.63, 3.8) is 0 Å². The molecule has 0 aliphatic carbocycles. The van der Waals surface area contributed by atoms with Gasteiger partial charge in [0.1, 0.15) is 25.0 Å². The van der Waals surface area contributed by atoms with Crippen molar-refractivity contribution in [3.05, 3.63) is 18.1 Å². The molecule has 2 amide bonds. The maximum atomic E-state index is 12.6. The van der Waals surface area contributed by atoms with Crippen LogP contribution in [0.15, 0.2) is 18.1 Å². The predicted octanol–water partition coefficient (Wildman–Crippen LogP) is 23.5. The van der Waals surface area contributed by atoms with Gasteiger partial charge in [0, 0.05) is 45.9 Å². The van der Waals surface area contributed by atoms with Crippen LogP contribution in [0.1, 0.15) is 388 Å². The van der Waals surface area contributed by atoms with Crippen LogP contribution in [0.5, 0.6) is 0 Å². The molecule has 3 unspecified atom stereocenters. The number of hydrogen-bond donors (Lipinski definition) is 1. The standard InChI is InChI=1S/C30H52N2O6.C9H18O.C9H20O.C9H20.C7H16.2C4H10.C3H7NO.C3H6O.C2H6/c1-5-8-10-11-12-14-21-36-28(7-3)22-31(19-20-33)23-29(34)37-25-27-17-15-18-32(27)30(35)38-24-26(4)16-13-9-6-2;1-4-6-9(10)7-8(3)5-2;1-3-4-5-6-7-8-9-10-2;1-3-5-7-9-8-6-4-2;1-3-5-7-6-4-2;2*1-3-4-2;1-2-3(4)5;1-2-3-4;1-2/h20,26-27H,3,5-6,8-19,21-25H2,1-2,4H3;8H,4-7H2,1-3H3;3-9H2,1-2H3;3-9H2,1-2H3;3-7H2,1-2H3;2*3-4H2,1-2H3;2H2,1H3,(H2,4,5);3H,2H2,1H3;1-2H3. The first-order chi connectivity index (χ1) is 44.9. The fraction of sp³-hybridized carbons (Fsp3) is 0.887. The van der Waals surface area contributed by atoms with E-state index in [4.69, 9.17) is 18.9 Å². The smallest absolute Gasteiger partial charge is 0.410 e. The van der Waals surface area contributed by atoms with Crippen molar-refractivity contribution in [1.82, 2.24) is 9.80 Å². The summed E-state index contributed by atoms with van der Waals surface area (Å²) >= 11 is 0. The molecule has 1 heterocycles. The van der Waals surface area contributed by atoms with E-state index in [9.17, 15) is 28.8 Å². The summed E-state index contributed by atoms with van der Waals surface area (Å²) in [6.07, 6.45) is 49.6. The molecule has 0 aromatic rings. The van der Waals surface area contributed by atoms with Gasteiger partial charge < -0.3 is 39.2 Å². The third-order valence-electron chi connectivity index (χ3n) is 14.8. The molecule has 93 heavy (non-hydrogen) atoms. The van der Waals surface area contributed by atoms with Crippen molar-refractivity contribution in [2.75, 3.05) is 59.7 Å². The quantitative estimate of drug-likeness (QED) is 0.0202. The molecule has 1 aliphatic heterocycles. The third-order valence-corrected chi connectivity index (χ3v) is 14.8. The average molecular weight is 1330 g/mol. The van der Waals surface area contributed by atoms with E-state index in [1.807, 2.05) is 20.8 Å². The van der Waals surface area contributed by atoms with E-state index in [1.54, 1.807) is 23.8 Å². The minimum absolute atomic E-state index is 0.0588.